The largest absolute Gasteiger partial charge is 0.240 e. The molecule has 19 heavy (non-hydrogen) atoms. The molecule has 1 N–H and O–H groups in total. The number of rotatable bonds is 4. The van der Waals surface area contributed by atoms with Crippen molar-refractivity contribution in [2.24, 2.45) is 0 Å². The summed E-state index contributed by atoms with van der Waals surface area (Å²) in [5.74, 6) is 0. The second kappa shape index (κ2) is 6.02. The van der Waals surface area contributed by atoms with Gasteiger partial charge in [0.2, 0.25) is 10.0 Å². The van der Waals surface area contributed by atoms with Gasteiger partial charge in [0.15, 0.2) is 0 Å². The molecule has 0 saturated carbocycles. The lowest BCUT2D eigenvalue weighted by molar-refractivity contribution is 0.581. The lowest BCUT2D eigenvalue weighted by atomic mass is 10.2. The summed E-state index contributed by atoms with van der Waals surface area (Å²) >= 11 is 2.14. The minimum Gasteiger partial charge on any atom is -0.207 e. The molecule has 100 valence electrons. The SMILES string of the molecule is Cc1ccc(CNS(=O)(=O)c2ccc(I)cc2)cc1. The van der Waals surface area contributed by atoms with Crippen LogP contribution in [0.4, 0.5) is 0 Å². The molecule has 3 nitrogen and oxygen atoms in total. The highest BCUT2D eigenvalue weighted by Gasteiger charge is 2.12. The zero-order chi connectivity index (χ0) is 13.9. The molecule has 0 radical (unpaired) electrons. The predicted molar refractivity (Wildman–Crippen MR) is 84.4 cm³/mol. The fourth-order valence-corrected chi connectivity index (χ4v) is 2.96. The van der Waals surface area contributed by atoms with Crippen molar-refractivity contribution < 1.29 is 8.42 Å². The molecular weight excluding hydrogens is 373 g/mol. The van der Waals surface area contributed by atoms with Gasteiger partial charge >= 0.3 is 0 Å². The van der Waals surface area contributed by atoms with Crippen LogP contribution in [0.15, 0.2) is 53.4 Å². The summed E-state index contributed by atoms with van der Waals surface area (Å²) in [7, 11) is -3.44. The Kier molecular flexibility index (Phi) is 4.59. The Bertz CT molecular complexity index is 649. The summed E-state index contributed by atoms with van der Waals surface area (Å²) in [6.07, 6.45) is 0. The number of halogens is 1. The van der Waals surface area contributed by atoms with Crippen LogP contribution in [0.3, 0.4) is 0 Å². The first kappa shape index (κ1) is 14.5. The van der Waals surface area contributed by atoms with E-state index in [0.29, 0.717) is 11.4 Å². The summed E-state index contributed by atoms with van der Waals surface area (Å²) < 4.78 is 27.7. The molecule has 0 fully saturated rings. The van der Waals surface area contributed by atoms with Crippen molar-refractivity contribution in [2.45, 2.75) is 18.4 Å². The van der Waals surface area contributed by atoms with Crippen molar-refractivity contribution in [3.05, 3.63) is 63.2 Å². The smallest absolute Gasteiger partial charge is 0.207 e. The maximum atomic E-state index is 12.1. The van der Waals surface area contributed by atoms with Gasteiger partial charge in [-0.1, -0.05) is 29.8 Å². The molecule has 0 aliphatic rings. The Hall–Kier alpha value is -0.920. The van der Waals surface area contributed by atoms with Gasteiger partial charge in [-0.15, -0.1) is 0 Å². The maximum absolute atomic E-state index is 12.1. The summed E-state index contributed by atoms with van der Waals surface area (Å²) in [5.41, 5.74) is 2.10. The number of hydrogen-bond acceptors (Lipinski definition) is 2. The Morgan fingerprint density at radius 3 is 2.16 bits per heavy atom. The second-order valence-corrected chi connectivity index (χ2v) is 7.28. The van der Waals surface area contributed by atoms with E-state index in [1.54, 1.807) is 24.3 Å². The Morgan fingerprint density at radius 2 is 1.58 bits per heavy atom. The highest BCUT2D eigenvalue weighted by atomic mass is 127. The molecule has 2 aromatic rings. The summed E-state index contributed by atoms with van der Waals surface area (Å²) in [6.45, 7) is 2.30. The second-order valence-electron chi connectivity index (χ2n) is 4.26. The van der Waals surface area contributed by atoms with Gasteiger partial charge in [0.05, 0.1) is 4.90 Å². The van der Waals surface area contributed by atoms with Gasteiger partial charge in [0.1, 0.15) is 0 Å². The molecule has 0 spiro atoms. The fraction of sp³-hybridized carbons (Fsp3) is 0.143. The molecule has 0 aliphatic heterocycles. The molecule has 5 heteroatoms. The first-order chi connectivity index (χ1) is 8.97. The maximum Gasteiger partial charge on any atom is 0.240 e. The molecule has 0 heterocycles. The van der Waals surface area contributed by atoms with E-state index >= 15 is 0 Å². The molecular formula is C14H14INO2S. The Balaban J connectivity index is 2.09. The molecule has 0 saturated heterocycles. The molecule has 0 amide bonds. The van der Waals surface area contributed by atoms with E-state index < -0.39 is 10.0 Å². The van der Waals surface area contributed by atoms with E-state index in [0.717, 1.165) is 14.7 Å². The zero-order valence-corrected chi connectivity index (χ0v) is 13.4. The fourth-order valence-electron chi connectivity index (χ4n) is 1.58. The van der Waals surface area contributed by atoms with Crippen molar-refractivity contribution in [3.8, 4) is 0 Å². The number of benzene rings is 2. The molecule has 2 rings (SSSR count). The first-order valence-corrected chi connectivity index (χ1v) is 8.34. The normalized spacial score (nSPS) is 11.5. The van der Waals surface area contributed by atoms with E-state index in [1.807, 2.05) is 31.2 Å². The third kappa shape index (κ3) is 4.02. The highest BCUT2D eigenvalue weighted by molar-refractivity contribution is 14.1. The van der Waals surface area contributed by atoms with Gasteiger partial charge in [0.25, 0.3) is 0 Å². The van der Waals surface area contributed by atoms with Gasteiger partial charge in [0, 0.05) is 10.1 Å². The molecule has 0 unspecified atom stereocenters. The number of aryl methyl sites for hydroxylation is 1. The van der Waals surface area contributed by atoms with Crippen LogP contribution in [0.25, 0.3) is 0 Å². The monoisotopic (exact) mass is 387 g/mol. The van der Waals surface area contributed by atoms with Gasteiger partial charge in [-0.25, -0.2) is 13.1 Å². The van der Waals surface area contributed by atoms with E-state index in [2.05, 4.69) is 27.3 Å². The van der Waals surface area contributed by atoms with Crippen molar-refractivity contribution in [3.63, 3.8) is 0 Å². The lowest BCUT2D eigenvalue weighted by Crippen LogP contribution is -2.23. The Labute approximate surface area is 127 Å². The van der Waals surface area contributed by atoms with Crippen LogP contribution >= 0.6 is 22.6 Å². The lowest BCUT2D eigenvalue weighted by Gasteiger charge is -2.07. The van der Waals surface area contributed by atoms with E-state index in [4.69, 9.17) is 0 Å². The van der Waals surface area contributed by atoms with Crippen LogP contribution in [-0.4, -0.2) is 8.42 Å². The predicted octanol–water partition coefficient (Wildman–Crippen LogP) is 3.08. The topological polar surface area (TPSA) is 46.2 Å². The van der Waals surface area contributed by atoms with Gasteiger partial charge in [-0.2, -0.15) is 0 Å². The minimum atomic E-state index is -3.44. The van der Waals surface area contributed by atoms with Crippen LogP contribution in [0.5, 0.6) is 0 Å². The minimum absolute atomic E-state index is 0.292. The van der Waals surface area contributed by atoms with Crippen molar-refractivity contribution in [1.29, 1.82) is 0 Å². The molecule has 0 aliphatic carbocycles. The number of nitrogens with one attached hydrogen (secondary N) is 1. The molecule has 0 bridgehead atoms. The van der Waals surface area contributed by atoms with Crippen LogP contribution in [0.2, 0.25) is 0 Å². The first-order valence-electron chi connectivity index (χ1n) is 5.78. The van der Waals surface area contributed by atoms with Crippen molar-refractivity contribution >= 4 is 32.6 Å². The third-order valence-electron chi connectivity index (χ3n) is 2.71. The summed E-state index contributed by atoms with van der Waals surface area (Å²) in [6, 6.07) is 14.6. The average molecular weight is 387 g/mol. The number of hydrogen-bond donors (Lipinski definition) is 1. The van der Waals surface area contributed by atoms with Gasteiger partial charge in [-0.3, -0.25) is 0 Å². The van der Waals surface area contributed by atoms with E-state index in [1.165, 1.54) is 0 Å². The molecule has 0 atom stereocenters. The van der Waals surface area contributed by atoms with Crippen molar-refractivity contribution in [1.82, 2.24) is 4.72 Å². The standard InChI is InChI=1S/C14H14INO2S/c1-11-2-4-12(5-3-11)10-16-19(17,18)14-8-6-13(15)7-9-14/h2-9,16H,10H2,1H3. The molecule has 0 aromatic heterocycles. The van der Waals surface area contributed by atoms with Crippen molar-refractivity contribution in [2.75, 3.05) is 0 Å². The number of sulfonamides is 1. The van der Waals surface area contributed by atoms with Gasteiger partial charge < -0.3 is 0 Å². The summed E-state index contributed by atoms with van der Waals surface area (Å²) in [4.78, 5) is 0.292. The van der Waals surface area contributed by atoms with E-state index in [-0.39, 0.29) is 0 Å². The van der Waals surface area contributed by atoms with E-state index in [9.17, 15) is 8.42 Å². The van der Waals surface area contributed by atoms with Crippen LogP contribution in [0.1, 0.15) is 11.1 Å². The van der Waals surface area contributed by atoms with Crippen LogP contribution < -0.4 is 4.72 Å². The van der Waals surface area contributed by atoms with Gasteiger partial charge in [-0.05, 0) is 59.3 Å². The van der Waals surface area contributed by atoms with Crippen LogP contribution in [0, 0.1) is 10.5 Å². The average Bonchev–Trinajstić information content (AvgIpc) is 2.39. The van der Waals surface area contributed by atoms with Crippen LogP contribution in [-0.2, 0) is 16.6 Å². The molecule has 2 aromatic carbocycles. The quantitative estimate of drug-likeness (QED) is 0.820. The zero-order valence-electron chi connectivity index (χ0n) is 10.4. The Morgan fingerprint density at radius 1 is 1.00 bits per heavy atom. The summed E-state index contributed by atoms with van der Waals surface area (Å²) in [5, 5.41) is 0. The highest BCUT2D eigenvalue weighted by Crippen LogP contribution is 2.12. The third-order valence-corrected chi connectivity index (χ3v) is 4.85.